The molecule has 12 nitrogen and oxygen atoms in total. The summed E-state index contributed by atoms with van der Waals surface area (Å²) in [7, 11) is 0. The number of aromatic hydroxyl groups is 3. The molecule has 0 saturated carbocycles. The first-order valence-electron chi connectivity index (χ1n) is 12.0. The summed E-state index contributed by atoms with van der Waals surface area (Å²) in [6.07, 6.45) is 1.48. The van der Waals surface area contributed by atoms with Crippen molar-refractivity contribution >= 4 is 23.6 Å². The fraction of sp³-hybridized carbons (Fsp3) is 0.222. The molecule has 1 aliphatic rings. The number of benzene rings is 2. The molecule has 6 N–H and O–H groups in total. The largest absolute Gasteiger partial charge is 0.508 e. The average Bonchev–Trinajstić information content (AvgIpc) is 3.13. The number of pyridine rings is 1. The summed E-state index contributed by atoms with van der Waals surface area (Å²) in [6, 6.07) is 9.38. The lowest BCUT2D eigenvalue weighted by Crippen LogP contribution is -2.49. The molecule has 1 amide bonds. The number of phenols is 3. The molecule has 2 aromatic carbocycles. The van der Waals surface area contributed by atoms with Gasteiger partial charge in [-0.2, -0.15) is 0 Å². The second-order valence-corrected chi connectivity index (χ2v) is 8.84. The van der Waals surface area contributed by atoms with Crippen molar-refractivity contribution in [2.75, 3.05) is 13.1 Å². The Morgan fingerprint density at radius 2 is 1.67 bits per heavy atom. The summed E-state index contributed by atoms with van der Waals surface area (Å²) in [5, 5.41) is 45.8. The Bertz CT molecular complexity index is 1400. The van der Waals surface area contributed by atoms with Gasteiger partial charge in [-0.05, 0) is 67.9 Å². The molecule has 1 aromatic heterocycles. The Balaban J connectivity index is 1.53. The van der Waals surface area contributed by atoms with E-state index < -0.39 is 64.1 Å². The number of rotatable bonds is 7. The highest BCUT2D eigenvalue weighted by molar-refractivity contribution is 6.16. The number of aromatic carboxylic acids is 1. The van der Waals surface area contributed by atoms with Gasteiger partial charge in [0.25, 0.3) is 5.91 Å². The number of carboxylic acids is 1. The molecule has 0 aliphatic carbocycles. The first kappa shape index (κ1) is 27.1. The standard InChI is InChI=1S/C27H25N3O9/c31-16-7-5-14(6-8-16)25(35)30-18-13-28-9-2-4-21(18)39-27(38)15-11-19(32)22(20(33)12-15)24(34)23-17(26(36)37)3-1-10-29-23/h1,3,5-8,10-12,18,21,28,31-33H,2,4,9,13H2,(H,30,35)(H,36,37)/t18-,21-/m1/s1. The van der Waals surface area contributed by atoms with Crippen LogP contribution in [0.15, 0.2) is 54.7 Å². The number of hydrogen-bond donors (Lipinski definition) is 6. The average molecular weight is 536 g/mol. The third kappa shape index (κ3) is 6.13. The minimum Gasteiger partial charge on any atom is -0.508 e. The van der Waals surface area contributed by atoms with Gasteiger partial charge in [-0.25, -0.2) is 9.59 Å². The van der Waals surface area contributed by atoms with E-state index in [0.717, 1.165) is 18.2 Å². The van der Waals surface area contributed by atoms with Gasteiger partial charge in [0.1, 0.15) is 34.6 Å². The molecular weight excluding hydrogens is 510 g/mol. The van der Waals surface area contributed by atoms with Crippen LogP contribution >= 0.6 is 0 Å². The summed E-state index contributed by atoms with van der Waals surface area (Å²) in [5.41, 5.74) is -1.50. The third-order valence-corrected chi connectivity index (χ3v) is 6.17. The zero-order valence-electron chi connectivity index (χ0n) is 20.5. The van der Waals surface area contributed by atoms with Crippen molar-refractivity contribution in [2.45, 2.75) is 25.0 Å². The third-order valence-electron chi connectivity index (χ3n) is 6.17. The van der Waals surface area contributed by atoms with Crippen LogP contribution in [0.3, 0.4) is 0 Å². The Labute approximate surface area is 221 Å². The zero-order chi connectivity index (χ0) is 28.1. The molecule has 0 bridgehead atoms. The number of aromatic nitrogens is 1. The maximum absolute atomic E-state index is 13.0. The van der Waals surface area contributed by atoms with Gasteiger partial charge in [-0.1, -0.05) is 0 Å². The van der Waals surface area contributed by atoms with Gasteiger partial charge in [-0.15, -0.1) is 0 Å². The molecule has 39 heavy (non-hydrogen) atoms. The van der Waals surface area contributed by atoms with Crippen molar-refractivity contribution in [3.05, 3.63) is 82.7 Å². The summed E-state index contributed by atoms with van der Waals surface area (Å²) in [5.74, 6) is -5.35. The molecule has 0 spiro atoms. The van der Waals surface area contributed by atoms with E-state index >= 15 is 0 Å². The Hall–Kier alpha value is -4.97. The predicted molar refractivity (Wildman–Crippen MR) is 135 cm³/mol. The van der Waals surface area contributed by atoms with Crippen LogP contribution in [0.1, 0.15) is 60.0 Å². The van der Waals surface area contributed by atoms with Crippen molar-refractivity contribution < 1.29 is 44.3 Å². The maximum atomic E-state index is 13.0. The van der Waals surface area contributed by atoms with E-state index in [0.29, 0.717) is 31.5 Å². The van der Waals surface area contributed by atoms with E-state index in [1.54, 1.807) is 0 Å². The second kappa shape index (κ2) is 11.6. The number of esters is 1. The van der Waals surface area contributed by atoms with Crippen molar-refractivity contribution in [3.8, 4) is 17.2 Å². The molecular formula is C27H25N3O9. The van der Waals surface area contributed by atoms with Crippen LogP contribution in [0.4, 0.5) is 0 Å². The SMILES string of the molecule is O=C(N[C@@H]1CNCCC[C@H]1OC(=O)c1cc(O)c(C(=O)c2ncccc2C(=O)O)c(O)c1)c1ccc(O)cc1. The molecule has 4 rings (SSSR count). The number of hydrogen-bond acceptors (Lipinski definition) is 10. The number of amides is 1. The van der Waals surface area contributed by atoms with Crippen molar-refractivity contribution in [1.82, 2.24) is 15.6 Å². The van der Waals surface area contributed by atoms with Gasteiger partial charge < -0.3 is 35.8 Å². The molecule has 1 aliphatic heterocycles. The molecule has 0 radical (unpaired) electrons. The number of nitrogens with one attached hydrogen (secondary N) is 2. The Morgan fingerprint density at radius 1 is 0.974 bits per heavy atom. The van der Waals surface area contributed by atoms with Gasteiger partial charge >= 0.3 is 11.9 Å². The van der Waals surface area contributed by atoms with Gasteiger partial charge in [0, 0.05) is 18.3 Å². The minimum atomic E-state index is -1.42. The van der Waals surface area contributed by atoms with E-state index in [9.17, 15) is 39.6 Å². The number of nitrogens with zero attached hydrogens (tertiary/aromatic N) is 1. The highest BCUT2D eigenvalue weighted by atomic mass is 16.5. The van der Waals surface area contributed by atoms with Crippen LogP contribution < -0.4 is 10.6 Å². The number of phenolic OH excluding ortho intramolecular Hbond substituents is 3. The maximum Gasteiger partial charge on any atom is 0.338 e. The molecule has 2 heterocycles. The predicted octanol–water partition coefficient (Wildman–Crippen LogP) is 1.83. The molecule has 2 atom stereocenters. The van der Waals surface area contributed by atoms with Gasteiger partial charge in [0.15, 0.2) is 0 Å². The zero-order valence-corrected chi connectivity index (χ0v) is 20.5. The van der Waals surface area contributed by atoms with Crippen LogP contribution in [0, 0.1) is 0 Å². The number of carbonyl (C=O) groups is 4. The Kier molecular flexibility index (Phi) is 8.06. The lowest BCUT2D eigenvalue weighted by atomic mass is 10.00. The second-order valence-electron chi connectivity index (χ2n) is 8.84. The van der Waals surface area contributed by atoms with Crippen molar-refractivity contribution in [3.63, 3.8) is 0 Å². The van der Waals surface area contributed by atoms with E-state index in [2.05, 4.69) is 15.6 Å². The number of ketones is 1. The normalized spacial score (nSPS) is 17.0. The van der Waals surface area contributed by atoms with Gasteiger partial charge in [0.05, 0.1) is 17.2 Å². The Morgan fingerprint density at radius 3 is 2.33 bits per heavy atom. The molecule has 12 heteroatoms. The van der Waals surface area contributed by atoms with Crippen LogP contribution in [0.2, 0.25) is 0 Å². The van der Waals surface area contributed by atoms with Crippen molar-refractivity contribution in [2.24, 2.45) is 0 Å². The molecule has 3 aromatic rings. The number of carbonyl (C=O) groups excluding carboxylic acids is 3. The van der Waals surface area contributed by atoms with Gasteiger partial charge in [-0.3, -0.25) is 14.6 Å². The van der Waals surface area contributed by atoms with E-state index in [4.69, 9.17) is 4.74 Å². The molecule has 1 fully saturated rings. The highest BCUT2D eigenvalue weighted by Crippen LogP contribution is 2.32. The lowest BCUT2D eigenvalue weighted by molar-refractivity contribution is 0.0191. The lowest BCUT2D eigenvalue weighted by Gasteiger charge is -2.26. The smallest absolute Gasteiger partial charge is 0.338 e. The summed E-state index contributed by atoms with van der Waals surface area (Å²) in [6.45, 7) is 0.936. The monoisotopic (exact) mass is 535 g/mol. The van der Waals surface area contributed by atoms with Crippen LogP contribution in [-0.4, -0.2) is 74.3 Å². The van der Waals surface area contributed by atoms with E-state index in [1.165, 1.54) is 36.5 Å². The molecule has 202 valence electrons. The summed E-state index contributed by atoms with van der Waals surface area (Å²) in [4.78, 5) is 53.8. The molecule has 1 saturated heterocycles. The summed E-state index contributed by atoms with van der Waals surface area (Å²) < 4.78 is 5.64. The van der Waals surface area contributed by atoms with Crippen molar-refractivity contribution in [1.29, 1.82) is 0 Å². The minimum absolute atomic E-state index is 0.0103. The first-order chi connectivity index (χ1) is 18.7. The van der Waals surface area contributed by atoms with E-state index in [1.807, 2.05) is 0 Å². The quantitative estimate of drug-likeness (QED) is 0.191. The fourth-order valence-electron chi connectivity index (χ4n) is 4.21. The number of carboxylic acid groups (broad SMARTS) is 1. The van der Waals surface area contributed by atoms with E-state index in [-0.39, 0.29) is 11.3 Å². The van der Waals surface area contributed by atoms with Gasteiger partial charge in [0.2, 0.25) is 5.78 Å². The summed E-state index contributed by atoms with van der Waals surface area (Å²) >= 11 is 0. The van der Waals surface area contributed by atoms with Crippen LogP contribution in [0.5, 0.6) is 17.2 Å². The molecule has 0 unspecified atom stereocenters. The first-order valence-corrected chi connectivity index (χ1v) is 12.0. The van der Waals surface area contributed by atoms with Crippen LogP contribution in [-0.2, 0) is 4.74 Å². The fourth-order valence-corrected chi connectivity index (χ4v) is 4.21. The van der Waals surface area contributed by atoms with Crippen LogP contribution in [0.25, 0.3) is 0 Å². The highest BCUT2D eigenvalue weighted by Gasteiger charge is 2.31. The number of ether oxygens (including phenoxy) is 1. The topological polar surface area (TPSA) is 195 Å².